The lowest BCUT2D eigenvalue weighted by Gasteiger charge is -2.22. The number of hydrogen-bond acceptors (Lipinski definition) is 5. The van der Waals surface area contributed by atoms with Gasteiger partial charge in [-0.05, 0) is 54.4 Å². The molecule has 0 bridgehead atoms. The molecule has 0 radical (unpaired) electrons. The number of benzene rings is 3. The summed E-state index contributed by atoms with van der Waals surface area (Å²) in [4.78, 5) is 12.4. The third kappa shape index (κ3) is 7.83. The molecule has 0 aromatic heterocycles. The molecule has 3 rings (SSSR count). The highest BCUT2D eigenvalue weighted by molar-refractivity contribution is 7.98. The lowest BCUT2D eigenvalue weighted by Crippen LogP contribution is -2.41. The molecule has 0 unspecified atom stereocenters. The number of thioether (sulfide) groups is 1. The third-order valence-corrected chi connectivity index (χ3v) is 7.03. The van der Waals surface area contributed by atoms with Crippen LogP contribution in [0.4, 0.5) is 5.69 Å². The first-order chi connectivity index (χ1) is 15.8. The van der Waals surface area contributed by atoms with Crippen LogP contribution in [-0.4, -0.2) is 39.4 Å². The Morgan fingerprint density at radius 2 is 1.58 bits per heavy atom. The Bertz CT molecular complexity index is 1150. The first-order valence-electron chi connectivity index (χ1n) is 10.5. The fourth-order valence-electron chi connectivity index (χ4n) is 3.11. The topological polar surface area (TPSA) is 75.7 Å². The second kappa shape index (κ2) is 11.8. The average molecular weight is 485 g/mol. The number of amides is 1. The number of aryl methyl sites for hydroxylation is 1. The number of nitrogens with zero attached hydrogens (tertiary/aromatic N) is 1. The molecule has 0 saturated heterocycles. The highest BCUT2D eigenvalue weighted by Gasteiger charge is 2.20. The zero-order chi connectivity index (χ0) is 23.7. The van der Waals surface area contributed by atoms with Crippen molar-refractivity contribution in [2.45, 2.75) is 12.7 Å². The van der Waals surface area contributed by atoms with E-state index in [-0.39, 0.29) is 12.5 Å². The molecule has 0 spiro atoms. The van der Waals surface area contributed by atoms with E-state index in [0.29, 0.717) is 23.7 Å². The Morgan fingerprint density at radius 3 is 2.24 bits per heavy atom. The standard InChI is InChI=1S/C25H28N2O4S2/c1-20-8-6-7-9-21(20)19-32-17-16-26-25(28)18-27(33(2,29)30)22-12-14-24(15-13-22)31-23-10-4-3-5-11-23/h3-15H,16-19H2,1-2H3,(H,26,28). The molecule has 1 N–H and O–H groups in total. The number of carbonyl (C=O) groups is 1. The molecule has 0 aliphatic carbocycles. The Hall–Kier alpha value is -2.97. The molecular weight excluding hydrogens is 456 g/mol. The van der Waals surface area contributed by atoms with Crippen molar-refractivity contribution in [1.82, 2.24) is 5.32 Å². The van der Waals surface area contributed by atoms with Gasteiger partial charge in [0.1, 0.15) is 18.0 Å². The van der Waals surface area contributed by atoms with Gasteiger partial charge in [-0.1, -0.05) is 42.5 Å². The Balaban J connectivity index is 1.51. The smallest absolute Gasteiger partial charge is 0.240 e. The molecule has 0 fully saturated rings. The average Bonchev–Trinajstić information content (AvgIpc) is 2.79. The zero-order valence-electron chi connectivity index (χ0n) is 18.7. The maximum atomic E-state index is 12.4. The van der Waals surface area contributed by atoms with Crippen molar-refractivity contribution in [3.63, 3.8) is 0 Å². The number of rotatable bonds is 11. The zero-order valence-corrected chi connectivity index (χ0v) is 20.4. The van der Waals surface area contributed by atoms with Crippen molar-refractivity contribution in [2.75, 3.05) is 29.4 Å². The maximum absolute atomic E-state index is 12.4. The Morgan fingerprint density at radius 1 is 0.939 bits per heavy atom. The number of hydrogen-bond donors (Lipinski definition) is 1. The van der Waals surface area contributed by atoms with Gasteiger partial charge in [0.25, 0.3) is 0 Å². The van der Waals surface area contributed by atoms with Gasteiger partial charge in [-0.25, -0.2) is 8.42 Å². The van der Waals surface area contributed by atoms with Crippen LogP contribution in [-0.2, 0) is 20.6 Å². The van der Waals surface area contributed by atoms with E-state index in [9.17, 15) is 13.2 Å². The van der Waals surface area contributed by atoms with E-state index in [4.69, 9.17) is 4.74 Å². The molecule has 0 atom stereocenters. The number of anilines is 1. The Labute approximate surface area is 200 Å². The summed E-state index contributed by atoms with van der Waals surface area (Å²) in [6, 6.07) is 24.1. The first kappa shape index (κ1) is 24.7. The number of para-hydroxylation sites is 1. The SMILES string of the molecule is Cc1ccccc1CSCCNC(=O)CN(c1ccc(Oc2ccccc2)cc1)S(C)(=O)=O. The largest absolute Gasteiger partial charge is 0.457 e. The summed E-state index contributed by atoms with van der Waals surface area (Å²) in [6.45, 7) is 2.27. The summed E-state index contributed by atoms with van der Waals surface area (Å²) < 4.78 is 31.5. The van der Waals surface area contributed by atoms with E-state index >= 15 is 0 Å². The van der Waals surface area contributed by atoms with E-state index in [1.54, 1.807) is 36.0 Å². The summed E-state index contributed by atoms with van der Waals surface area (Å²) in [7, 11) is -3.63. The summed E-state index contributed by atoms with van der Waals surface area (Å²) in [5.41, 5.74) is 2.93. The molecule has 33 heavy (non-hydrogen) atoms. The second-order valence-corrected chi connectivity index (χ2v) is 10.5. The van der Waals surface area contributed by atoms with Gasteiger partial charge in [-0.15, -0.1) is 0 Å². The molecule has 0 heterocycles. The number of carbonyl (C=O) groups excluding carboxylic acids is 1. The van der Waals surface area contributed by atoms with E-state index in [0.717, 1.165) is 22.1 Å². The van der Waals surface area contributed by atoms with E-state index in [1.807, 2.05) is 42.5 Å². The van der Waals surface area contributed by atoms with Gasteiger partial charge in [0.05, 0.1) is 11.9 Å². The van der Waals surface area contributed by atoms with Crippen LogP contribution in [0.3, 0.4) is 0 Å². The monoisotopic (exact) mass is 484 g/mol. The van der Waals surface area contributed by atoms with Gasteiger partial charge in [0, 0.05) is 18.1 Å². The molecule has 3 aromatic rings. The maximum Gasteiger partial charge on any atom is 0.240 e. The Kier molecular flexibility index (Phi) is 8.79. The van der Waals surface area contributed by atoms with Crippen LogP contribution in [0.25, 0.3) is 0 Å². The van der Waals surface area contributed by atoms with Crippen LogP contribution in [0.5, 0.6) is 11.5 Å². The van der Waals surface area contributed by atoms with Crippen molar-refractivity contribution in [3.05, 3.63) is 90.0 Å². The van der Waals surface area contributed by atoms with E-state index in [2.05, 4.69) is 24.4 Å². The summed E-state index contributed by atoms with van der Waals surface area (Å²) in [5, 5.41) is 2.81. The minimum atomic E-state index is -3.63. The van der Waals surface area contributed by atoms with Crippen molar-refractivity contribution in [2.24, 2.45) is 0 Å². The highest BCUT2D eigenvalue weighted by atomic mass is 32.2. The number of nitrogens with one attached hydrogen (secondary N) is 1. The van der Waals surface area contributed by atoms with Gasteiger partial charge in [-0.3, -0.25) is 9.10 Å². The quantitative estimate of drug-likeness (QED) is 0.403. The molecule has 0 aliphatic rings. The highest BCUT2D eigenvalue weighted by Crippen LogP contribution is 2.25. The fourth-order valence-corrected chi connectivity index (χ4v) is 4.90. The third-order valence-electron chi connectivity index (χ3n) is 4.88. The van der Waals surface area contributed by atoms with Gasteiger partial charge >= 0.3 is 0 Å². The lowest BCUT2D eigenvalue weighted by atomic mass is 10.1. The molecule has 8 heteroatoms. The van der Waals surface area contributed by atoms with Crippen LogP contribution in [0.1, 0.15) is 11.1 Å². The number of sulfonamides is 1. The molecule has 174 valence electrons. The van der Waals surface area contributed by atoms with Crippen LogP contribution in [0, 0.1) is 6.92 Å². The minimum Gasteiger partial charge on any atom is -0.457 e. The van der Waals surface area contributed by atoms with E-state index in [1.165, 1.54) is 11.1 Å². The van der Waals surface area contributed by atoms with Crippen molar-refractivity contribution >= 4 is 33.4 Å². The van der Waals surface area contributed by atoms with Crippen molar-refractivity contribution < 1.29 is 17.9 Å². The molecular formula is C25H28N2O4S2. The summed E-state index contributed by atoms with van der Waals surface area (Å²) in [5.74, 6) is 2.53. The predicted molar refractivity (Wildman–Crippen MR) is 135 cm³/mol. The van der Waals surface area contributed by atoms with E-state index < -0.39 is 10.0 Å². The van der Waals surface area contributed by atoms with Crippen LogP contribution in [0.2, 0.25) is 0 Å². The molecule has 1 amide bonds. The normalized spacial score (nSPS) is 11.1. The van der Waals surface area contributed by atoms with Crippen LogP contribution in [0.15, 0.2) is 78.9 Å². The lowest BCUT2D eigenvalue weighted by molar-refractivity contribution is -0.119. The molecule has 0 aliphatic heterocycles. The van der Waals surface area contributed by atoms with Crippen molar-refractivity contribution in [1.29, 1.82) is 0 Å². The second-order valence-electron chi connectivity index (χ2n) is 7.51. The molecule has 0 saturated carbocycles. The fraction of sp³-hybridized carbons (Fsp3) is 0.240. The summed E-state index contributed by atoms with van der Waals surface area (Å²) in [6.07, 6.45) is 1.09. The summed E-state index contributed by atoms with van der Waals surface area (Å²) >= 11 is 1.73. The predicted octanol–water partition coefficient (Wildman–Crippen LogP) is 4.60. The van der Waals surface area contributed by atoms with Gasteiger partial charge in [0.15, 0.2) is 0 Å². The molecule has 3 aromatic carbocycles. The van der Waals surface area contributed by atoms with Gasteiger partial charge < -0.3 is 10.1 Å². The van der Waals surface area contributed by atoms with Gasteiger partial charge in [-0.2, -0.15) is 11.8 Å². The molecule has 6 nitrogen and oxygen atoms in total. The first-order valence-corrected chi connectivity index (χ1v) is 13.5. The van der Waals surface area contributed by atoms with Crippen LogP contribution < -0.4 is 14.4 Å². The minimum absolute atomic E-state index is 0.278. The number of ether oxygens (including phenoxy) is 1. The van der Waals surface area contributed by atoms with Crippen molar-refractivity contribution in [3.8, 4) is 11.5 Å². The van der Waals surface area contributed by atoms with Gasteiger partial charge in [0.2, 0.25) is 15.9 Å². The van der Waals surface area contributed by atoms with Crippen LogP contribution >= 0.6 is 11.8 Å².